The minimum Gasteiger partial charge on any atom is -0.289 e. The van der Waals surface area contributed by atoms with Crippen molar-refractivity contribution in [2.24, 2.45) is 0 Å². The Morgan fingerprint density at radius 1 is 1.57 bits per heavy atom. The van der Waals surface area contributed by atoms with Crippen LogP contribution in [0.3, 0.4) is 0 Å². The lowest BCUT2D eigenvalue weighted by Gasteiger charge is -2.15. The Hall–Kier alpha value is -0.580. The lowest BCUT2D eigenvalue weighted by atomic mass is 10.1. The molecule has 1 rings (SSSR count). The number of nitrogens with zero attached hydrogens (tertiary/aromatic N) is 1. The zero-order valence-corrected chi connectivity index (χ0v) is 9.95. The van der Waals surface area contributed by atoms with Crippen LogP contribution in [0.15, 0.2) is 12.1 Å². The molecule has 0 aliphatic rings. The van der Waals surface area contributed by atoms with Crippen molar-refractivity contribution in [1.29, 1.82) is 0 Å². The molecule has 0 saturated carbocycles. The zero-order chi connectivity index (χ0) is 10.7. The van der Waals surface area contributed by atoms with Crippen LogP contribution in [-0.4, -0.2) is 25.0 Å². The topological polar surface area (TPSA) is 32.3 Å². The fourth-order valence-corrected chi connectivity index (χ4v) is 2.12. The molecule has 3 nitrogen and oxygen atoms in total. The minimum atomic E-state index is -0.158. The van der Waals surface area contributed by atoms with Crippen LogP contribution >= 0.6 is 22.9 Å². The molecule has 0 spiro atoms. The van der Waals surface area contributed by atoms with Gasteiger partial charge < -0.3 is 0 Å². The summed E-state index contributed by atoms with van der Waals surface area (Å²) in [5, 5.41) is 1.63. The SMILES string of the molecule is CC(C(=O)NN(C)C)c1ccc(Cl)s1. The summed E-state index contributed by atoms with van der Waals surface area (Å²) in [7, 11) is 3.57. The first-order valence-corrected chi connectivity index (χ1v) is 5.43. The van der Waals surface area contributed by atoms with Crippen LogP contribution in [0.2, 0.25) is 4.34 Å². The second kappa shape index (κ2) is 4.77. The van der Waals surface area contributed by atoms with Gasteiger partial charge in [0.1, 0.15) is 0 Å². The second-order valence-corrected chi connectivity index (χ2v) is 4.98. The highest BCUT2D eigenvalue weighted by Crippen LogP contribution is 2.27. The van der Waals surface area contributed by atoms with E-state index in [9.17, 15) is 4.79 Å². The Morgan fingerprint density at radius 2 is 2.21 bits per heavy atom. The van der Waals surface area contributed by atoms with Crippen LogP contribution in [0, 0.1) is 0 Å². The van der Waals surface area contributed by atoms with Crippen molar-refractivity contribution in [3.8, 4) is 0 Å². The zero-order valence-electron chi connectivity index (χ0n) is 8.37. The maximum Gasteiger partial charge on any atom is 0.242 e. The van der Waals surface area contributed by atoms with Gasteiger partial charge in [0.05, 0.1) is 10.3 Å². The Labute approximate surface area is 92.6 Å². The van der Waals surface area contributed by atoms with Crippen LogP contribution in [0.1, 0.15) is 17.7 Å². The Balaban J connectivity index is 2.65. The summed E-state index contributed by atoms with van der Waals surface area (Å²) in [4.78, 5) is 12.6. The standard InChI is InChI=1S/C9H13ClN2OS/c1-6(9(13)11-12(2)3)7-4-5-8(10)14-7/h4-6H,1-3H3,(H,11,13). The van der Waals surface area contributed by atoms with E-state index in [2.05, 4.69) is 5.43 Å². The average molecular weight is 233 g/mol. The molecular formula is C9H13ClN2OS. The molecule has 1 aromatic rings. The third-order valence-corrected chi connectivity index (χ3v) is 3.16. The van der Waals surface area contributed by atoms with E-state index in [0.29, 0.717) is 4.34 Å². The predicted molar refractivity (Wildman–Crippen MR) is 59.6 cm³/mol. The number of hydrogen-bond donors (Lipinski definition) is 1. The number of hydrogen-bond acceptors (Lipinski definition) is 3. The van der Waals surface area contributed by atoms with Gasteiger partial charge in [-0.3, -0.25) is 10.2 Å². The van der Waals surface area contributed by atoms with Gasteiger partial charge in [0, 0.05) is 19.0 Å². The average Bonchev–Trinajstić information content (AvgIpc) is 2.49. The summed E-state index contributed by atoms with van der Waals surface area (Å²) < 4.78 is 0.713. The van der Waals surface area contributed by atoms with E-state index in [-0.39, 0.29) is 11.8 Å². The number of hydrazine groups is 1. The highest BCUT2D eigenvalue weighted by atomic mass is 35.5. The predicted octanol–water partition coefficient (Wildman–Crippen LogP) is 2.10. The van der Waals surface area contributed by atoms with E-state index < -0.39 is 0 Å². The molecule has 1 amide bonds. The summed E-state index contributed by atoms with van der Waals surface area (Å²) >= 11 is 7.23. The van der Waals surface area contributed by atoms with Crippen molar-refractivity contribution in [3.05, 3.63) is 21.3 Å². The molecule has 1 aromatic heterocycles. The summed E-state index contributed by atoms with van der Waals surface area (Å²) in [6.45, 7) is 1.86. The largest absolute Gasteiger partial charge is 0.289 e. The first-order chi connectivity index (χ1) is 6.50. The van der Waals surface area contributed by atoms with Crippen LogP contribution in [0.5, 0.6) is 0 Å². The van der Waals surface area contributed by atoms with E-state index in [4.69, 9.17) is 11.6 Å². The molecule has 0 saturated heterocycles. The smallest absolute Gasteiger partial charge is 0.242 e. The quantitative estimate of drug-likeness (QED) is 0.810. The fraction of sp³-hybridized carbons (Fsp3) is 0.444. The maximum absolute atomic E-state index is 11.6. The van der Waals surface area contributed by atoms with Crippen molar-refractivity contribution in [3.63, 3.8) is 0 Å². The fourth-order valence-electron chi connectivity index (χ4n) is 1.01. The van der Waals surface area contributed by atoms with E-state index in [1.54, 1.807) is 25.2 Å². The summed E-state index contributed by atoms with van der Waals surface area (Å²) in [6, 6.07) is 3.69. The first-order valence-electron chi connectivity index (χ1n) is 4.23. The summed E-state index contributed by atoms with van der Waals surface area (Å²) in [6.07, 6.45) is 0. The van der Waals surface area contributed by atoms with E-state index in [0.717, 1.165) is 4.88 Å². The molecule has 1 unspecified atom stereocenters. The second-order valence-electron chi connectivity index (χ2n) is 3.23. The van der Waals surface area contributed by atoms with Crippen molar-refractivity contribution >= 4 is 28.8 Å². The van der Waals surface area contributed by atoms with Crippen LogP contribution in [0.25, 0.3) is 0 Å². The number of thiophene rings is 1. The Bertz CT molecular complexity index is 324. The van der Waals surface area contributed by atoms with Gasteiger partial charge in [-0.25, -0.2) is 5.01 Å². The van der Waals surface area contributed by atoms with Gasteiger partial charge in [0.15, 0.2) is 0 Å². The molecule has 1 N–H and O–H groups in total. The van der Waals surface area contributed by atoms with Gasteiger partial charge in [0.25, 0.3) is 0 Å². The van der Waals surface area contributed by atoms with E-state index >= 15 is 0 Å². The molecule has 14 heavy (non-hydrogen) atoms. The number of rotatable bonds is 3. The summed E-state index contributed by atoms with van der Waals surface area (Å²) in [5.41, 5.74) is 2.71. The van der Waals surface area contributed by atoms with Crippen LogP contribution < -0.4 is 5.43 Å². The molecule has 0 radical (unpaired) electrons. The molecule has 78 valence electrons. The third kappa shape index (κ3) is 2.97. The number of halogens is 1. The molecule has 0 aromatic carbocycles. The van der Waals surface area contributed by atoms with Gasteiger partial charge in [-0.1, -0.05) is 11.6 Å². The van der Waals surface area contributed by atoms with Gasteiger partial charge >= 0.3 is 0 Å². The summed E-state index contributed by atoms with van der Waals surface area (Å²) in [5.74, 6) is -0.177. The monoisotopic (exact) mass is 232 g/mol. The van der Waals surface area contributed by atoms with Crippen LogP contribution in [-0.2, 0) is 4.79 Å². The van der Waals surface area contributed by atoms with Gasteiger partial charge in [-0.15, -0.1) is 11.3 Å². The number of carbonyl (C=O) groups excluding carboxylic acids is 1. The molecule has 1 atom stereocenters. The van der Waals surface area contributed by atoms with Crippen LogP contribution in [0.4, 0.5) is 0 Å². The number of amides is 1. The van der Waals surface area contributed by atoms with Crippen molar-refractivity contribution in [2.45, 2.75) is 12.8 Å². The Kier molecular flexibility index (Phi) is 3.92. The third-order valence-electron chi connectivity index (χ3n) is 1.75. The highest BCUT2D eigenvalue weighted by molar-refractivity contribution is 7.16. The lowest BCUT2D eigenvalue weighted by molar-refractivity contribution is -0.125. The minimum absolute atomic E-state index is 0.0199. The molecule has 0 fully saturated rings. The number of nitrogens with one attached hydrogen (secondary N) is 1. The van der Waals surface area contributed by atoms with Gasteiger partial charge in [-0.2, -0.15) is 0 Å². The van der Waals surface area contributed by atoms with Crippen molar-refractivity contribution < 1.29 is 4.79 Å². The molecule has 0 aliphatic heterocycles. The molecule has 0 aliphatic carbocycles. The van der Waals surface area contributed by atoms with Gasteiger partial charge in [-0.05, 0) is 19.1 Å². The highest BCUT2D eigenvalue weighted by Gasteiger charge is 2.17. The Morgan fingerprint density at radius 3 is 2.64 bits per heavy atom. The van der Waals surface area contributed by atoms with E-state index in [1.165, 1.54) is 11.3 Å². The van der Waals surface area contributed by atoms with Crippen molar-refractivity contribution in [2.75, 3.05) is 14.1 Å². The molecule has 5 heteroatoms. The first kappa shape index (κ1) is 11.5. The normalized spacial score (nSPS) is 12.9. The van der Waals surface area contributed by atoms with Gasteiger partial charge in [0.2, 0.25) is 5.91 Å². The molecular weight excluding hydrogens is 220 g/mol. The van der Waals surface area contributed by atoms with E-state index in [1.807, 2.05) is 13.0 Å². The van der Waals surface area contributed by atoms with Crippen molar-refractivity contribution in [1.82, 2.24) is 10.4 Å². The number of carbonyl (C=O) groups is 1. The maximum atomic E-state index is 11.6. The lowest BCUT2D eigenvalue weighted by Crippen LogP contribution is -2.38. The molecule has 1 heterocycles. The molecule has 0 bridgehead atoms.